The molecule has 0 aromatic heterocycles. The van der Waals surface area contributed by atoms with E-state index in [1.807, 2.05) is 31.2 Å². The number of nitrogens with zero attached hydrogens (tertiary/aromatic N) is 1. The Kier molecular flexibility index (Phi) is 5.84. The summed E-state index contributed by atoms with van der Waals surface area (Å²) in [5.41, 5.74) is 2.19. The van der Waals surface area contributed by atoms with Crippen molar-refractivity contribution < 1.29 is 9.59 Å². The van der Waals surface area contributed by atoms with Crippen LogP contribution in [0.3, 0.4) is 0 Å². The van der Waals surface area contributed by atoms with Crippen LogP contribution >= 0.6 is 23.2 Å². The molecule has 1 aliphatic heterocycles. The van der Waals surface area contributed by atoms with Crippen molar-refractivity contribution in [2.24, 2.45) is 5.92 Å². The van der Waals surface area contributed by atoms with E-state index in [1.165, 1.54) is 0 Å². The number of likely N-dealkylation sites (tertiary alicyclic amines) is 1. The van der Waals surface area contributed by atoms with Crippen LogP contribution in [0, 0.1) is 12.8 Å². The predicted molar refractivity (Wildman–Crippen MR) is 105 cm³/mol. The molecule has 1 N–H and O–H groups in total. The molecule has 0 saturated carbocycles. The van der Waals surface area contributed by atoms with Crippen LogP contribution in [-0.4, -0.2) is 29.8 Å². The predicted octanol–water partition coefficient (Wildman–Crippen LogP) is 4.79. The summed E-state index contributed by atoms with van der Waals surface area (Å²) in [7, 11) is 0. The fraction of sp³-hybridized carbons (Fsp3) is 0.300. The second-order valence-corrected chi connectivity index (χ2v) is 7.34. The number of halogens is 2. The zero-order valence-corrected chi connectivity index (χ0v) is 16.0. The zero-order chi connectivity index (χ0) is 18.7. The van der Waals surface area contributed by atoms with E-state index in [9.17, 15) is 9.59 Å². The summed E-state index contributed by atoms with van der Waals surface area (Å²) in [6, 6.07) is 12.7. The third-order valence-electron chi connectivity index (χ3n) is 4.63. The molecule has 0 spiro atoms. The number of aryl methyl sites for hydroxylation is 1. The second-order valence-electron chi connectivity index (χ2n) is 6.52. The Labute approximate surface area is 163 Å². The van der Waals surface area contributed by atoms with Crippen LogP contribution in [0.4, 0.5) is 5.69 Å². The van der Waals surface area contributed by atoms with Gasteiger partial charge in [0, 0.05) is 24.6 Å². The number of carbonyl (C=O) groups is 2. The van der Waals surface area contributed by atoms with Gasteiger partial charge in [0.25, 0.3) is 5.91 Å². The molecule has 3 rings (SSSR count). The number of carbonyl (C=O) groups excluding carboxylic acids is 2. The smallest absolute Gasteiger partial charge is 0.253 e. The van der Waals surface area contributed by atoms with Crippen LogP contribution in [0.5, 0.6) is 0 Å². The molecule has 2 aromatic rings. The van der Waals surface area contributed by atoms with Gasteiger partial charge in [-0.25, -0.2) is 0 Å². The molecule has 4 nitrogen and oxygen atoms in total. The average Bonchev–Trinajstić information content (AvgIpc) is 2.64. The van der Waals surface area contributed by atoms with Gasteiger partial charge in [-0.15, -0.1) is 0 Å². The van der Waals surface area contributed by atoms with E-state index in [2.05, 4.69) is 5.32 Å². The Bertz CT molecular complexity index is 810. The number of nitrogens with one attached hydrogen (secondary N) is 1. The minimum absolute atomic E-state index is 0.0155. The lowest BCUT2D eigenvalue weighted by atomic mass is 9.95. The second kappa shape index (κ2) is 8.11. The van der Waals surface area contributed by atoms with E-state index in [0.717, 1.165) is 5.56 Å². The molecule has 0 radical (unpaired) electrons. The average molecular weight is 391 g/mol. The summed E-state index contributed by atoms with van der Waals surface area (Å²) in [5.74, 6) is -0.256. The first-order valence-electron chi connectivity index (χ1n) is 8.56. The number of piperidine rings is 1. The Hall–Kier alpha value is -2.04. The molecular weight excluding hydrogens is 371 g/mol. The highest BCUT2D eigenvalue weighted by molar-refractivity contribution is 6.39. The Balaban J connectivity index is 1.60. The maximum Gasteiger partial charge on any atom is 0.253 e. The van der Waals surface area contributed by atoms with Gasteiger partial charge >= 0.3 is 0 Å². The fourth-order valence-electron chi connectivity index (χ4n) is 3.15. The van der Waals surface area contributed by atoms with Crippen molar-refractivity contribution in [1.29, 1.82) is 0 Å². The van der Waals surface area contributed by atoms with Crippen LogP contribution in [0.2, 0.25) is 10.0 Å². The SMILES string of the molecule is Cc1cccc(C(=O)N2CCC(C(=O)Nc3c(Cl)cccc3Cl)CC2)c1. The summed E-state index contributed by atoms with van der Waals surface area (Å²) >= 11 is 12.2. The number of benzene rings is 2. The summed E-state index contributed by atoms with van der Waals surface area (Å²) in [5, 5.41) is 3.65. The molecule has 6 heteroatoms. The first-order chi connectivity index (χ1) is 12.5. The monoisotopic (exact) mass is 390 g/mol. The molecule has 0 aliphatic carbocycles. The molecule has 26 heavy (non-hydrogen) atoms. The van der Waals surface area contributed by atoms with E-state index in [0.29, 0.717) is 47.2 Å². The molecule has 1 saturated heterocycles. The number of anilines is 1. The first kappa shape index (κ1) is 18.7. The number of hydrogen-bond acceptors (Lipinski definition) is 2. The topological polar surface area (TPSA) is 49.4 Å². The minimum atomic E-state index is -0.163. The van der Waals surface area contributed by atoms with Crippen molar-refractivity contribution in [2.75, 3.05) is 18.4 Å². The van der Waals surface area contributed by atoms with Gasteiger partial charge in [0.2, 0.25) is 5.91 Å². The van der Waals surface area contributed by atoms with Gasteiger partial charge in [0.05, 0.1) is 15.7 Å². The summed E-state index contributed by atoms with van der Waals surface area (Å²) in [4.78, 5) is 26.9. The van der Waals surface area contributed by atoms with Crippen LogP contribution in [0.25, 0.3) is 0 Å². The van der Waals surface area contributed by atoms with Crippen LogP contribution in [-0.2, 0) is 4.79 Å². The molecule has 1 aliphatic rings. The van der Waals surface area contributed by atoms with Crippen molar-refractivity contribution in [3.8, 4) is 0 Å². The molecule has 0 atom stereocenters. The van der Waals surface area contributed by atoms with E-state index in [-0.39, 0.29) is 17.7 Å². The normalized spacial score (nSPS) is 15.0. The Morgan fingerprint density at radius 1 is 1.04 bits per heavy atom. The quantitative estimate of drug-likeness (QED) is 0.818. The van der Waals surface area contributed by atoms with Gasteiger partial charge < -0.3 is 10.2 Å². The van der Waals surface area contributed by atoms with Gasteiger partial charge in [0.15, 0.2) is 0 Å². The highest BCUT2D eigenvalue weighted by Gasteiger charge is 2.28. The lowest BCUT2D eigenvalue weighted by Crippen LogP contribution is -2.41. The maximum absolute atomic E-state index is 12.6. The largest absolute Gasteiger partial charge is 0.339 e. The van der Waals surface area contributed by atoms with Gasteiger partial charge in [-0.05, 0) is 44.0 Å². The Morgan fingerprint density at radius 3 is 2.27 bits per heavy atom. The molecule has 1 heterocycles. The van der Waals surface area contributed by atoms with E-state index >= 15 is 0 Å². The van der Waals surface area contributed by atoms with E-state index in [4.69, 9.17) is 23.2 Å². The standard InChI is InChI=1S/C20H20Cl2N2O2/c1-13-4-2-5-15(12-13)20(26)24-10-8-14(9-11-24)19(25)23-18-16(21)6-3-7-17(18)22/h2-7,12,14H,8-11H2,1H3,(H,23,25). The van der Waals surface area contributed by atoms with E-state index in [1.54, 1.807) is 23.1 Å². The zero-order valence-electron chi connectivity index (χ0n) is 14.5. The van der Waals surface area contributed by atoms with Gasteiger partial charge in [-0.2, -0.15) is 0 Å². The Morgan fingerprint density at radius 2 is 1.65 bits per heavy atom. The molecule has 2 amide bonds. The molecule has 0 bridgehead atoms. The highest BCUT2D eigenvalue weighted by atomic mass is 35.5. The van der Waals surface area contributed by atoms with Crippen LogP contribution < -0.4 is 5.32 Å². The summed E-state index contributed by atoms with van der Waals surface area (Å²) in [6.07, 6.45) is 1.23. The highest BCUT2D eigenvalue weighted by Crippen LogP contribution is 2.31. The third kappa shape index (κ3) is 4.19. The fourth-order valence-corrected chi connectivity index (χ4v) is 3.64. The lowest BCUT2D eigenvalue weighted by molar-refractivity contribution is -0.121. The van der Waals surface area contributed by atoms with Gasteiger partial charge in [-0.1, -0.05) is 47.0 Å². The van der Waals surface area contributed by atoms with Crippen molar-refractivity contribution in [1.82, 2.24) is 4.90 Å². The van der Waals surface area contributed by atoms with Crippen molar-refractivity contribution in [3.05, 3.63) is 63.6 Å². The molecule has 2 aromatic carbocycles. The number of amides is 2. The van der Waals surface area contributed by atoms with E-state index < -0.39 is 0 Å². The first-order valence-corrected chi connectivity index (χ1v) is 9.32. The maximum atomic E-state index is 12.6. The van der Waals surface area contributed by atoms with Crippen molar-refractivity contribution >= 4 is 40.7 Å². The van der Waals surface area contributed by atoms with Crippen molar-refractivity contribution in [3.63, 3.8) is 0 Å². The van der Waals surface area contributed by atoms with Gasteiger partial charge in [-0.3, -0.25) is 9.59 Å². The third-order valence-corrected chi connectivity index (χ3v) is 5.26. The summed E-state index contributed by atoms with van der Waals surface area (Å²) in [6.45, 7) is 3.08. The van der Waals surface area contributed by atoms with Gasteiger partial charge in [0.1, 0.15) is 0 Å². The number of para-hydroxylation sites is 1. The molecule has 1 fully saturated rings. The van der Waals surface area contributed by atoms with Crippen molar-refractivity contribution in [2.45, 2.75) is 19.8 Å². The molecular formula is C20H20Cl2N2O2. The minimum Gasteiger partial charge on any atom is -0.339 e. The number of hydrogen-bond donors (Lipinski definition) is 1. The van der Waals surface area contributed by atoms with Crippen LogP contribution in [0.1, 0.15) is 28.8 Å². The lowest BCUT2D eigenvalue weighted by Gasteiger charge is -2.31. The summed E-state index contributed by atoms with van der Waals surface area (Å²) < 4.78 is 0. The molecule has 136 valence electrons. The molecule has 0 unspecified atom stereocenters. The number of rotatable bonds is 3. The van der Waals surface area contributed by atoms with Crippen LogP contribution in [0.15, 0.2) is 42.5 Å².